The maximum Gasteiger partial charge on any atom is 0.265 e. The third-order valence-corrected chi connectivity index (χ3v) is 6.98. The van der Waals surface area contributed by atoms with E-state index in [0.717, 1.165) is 44.9 Å². The molecule has 1 aliphatic heterocycles. The van der Waals surface area contributed by atoms with E-state index in [1.807, 2.05) is 72.8 Å². The van der Waals surface area contributed by atoms with Crippen LogP contribution in [0.1, 0.15) is 11.1 Å². The van der Waals surface area contributed by atoms with Crippen molar-refractivity contribution in [2.45, 2.75) is 13.5 Å². The van der Waals surface area contributed by atoms with Crippen molar-refractivity contribution >= 4 is 23.2 Å². The highest BCUT2D eigenvalue weighted by Crippen LogP contribution is 2.38. The van der Waals surface area contributed by atoms with Gasteiger partial charge >= 0.3 is 0 Å². The van der Waals surface area contributed by atoms with Crippen molar-refractivity contribution in [2.24, 2.45) is 0 Å². The fraction of sp³-hybridized carbons (Fsp3) is 0.0909. The minimum absolute atomic E-state index is 0.0288. The Balaban J connectivity index is 1.46. The topological polar surface area (TPSA) is 42.4 Å². The Morgan fingerprint density at radius 3 is 2.16 bits per heavy atom. The smallest absolute Gasteiger partial charge is 0.265 e. The average Bonchev–Trinajstić information content (AvgIpc) is 2.95. The Morgan fingerprint density at radius 2 is 1.42 bits per heavy atom. The van der Waals surface area contributed by atoms with Crippen LogP contribution in [0, 0.1) is 6.92 Å². The van der Waals surface area contributed by atoms with E-state index in [0.29, 0.717) is 17.3 Å². The number of hydrogen-bond acceptors (Lipinski definition) is 3. The van der Waals surface area contributed by atoms with Crippen LogP contribution in [0.5, 0.6) is 5.75 Å². The quantitative estimate of drug-likeness (QED) is 0.238. The van der Waals surface area contributed by atoms with E-state index in [1.54, 1.807) is 4.90 Å². The summed E-state index contributed by atoms with van der Waals surface area (Å²) in [6.45, 7) is 2.58. The molecule has 0 aliphatic carbocycles. The maximum atomic E-state index is 12.9. The number of anilines is 1. The molecule has 6 rings (SSSR count). The second-order valence-electron chi connectivity index (χ2n) is 9.44. The van der Waals surface area contributed by atoms with Crippen LogP contribution in [0.15, 0.2) is 109 Å². The second-order valence-corrected chi connectivity index (χ2v) is 9.87. The van der Waals surface area contributed by atoms with Gasteiger partial charge in [-0.1, -0.05) is 83.9 Å². The van der Waals surface area contributed by atoms with Gasteiger partial charge in [-0.15, -0.1) is 0 Å². The number of aromatic nitrogens is 1. The van der Waals surface area contributed by atoms with Gasteiger partial charge in [-0.3, -0.25) is 4.79 Å². The molecule has 2 heterocycles. The highest BCUT2D eigenvalue weighted by atomic mass is 35.5. The van der Waals surface area contributed by atoms with Gasteiger partial charge in [-0.2, -0.15) is 0 Å². The molecule has 0 spiro atoms. The van der Waals surface area contributed by atoms with Crippen molar-refractivity contribution in [3.8, 4) is 39.4 Å². The molecule has 0 fully saturated rings. The molecule has 186 valence electrons. The molecule has 5 heteroatoms. The number of carbonyl (C=O) groups excluding carboxylic acids is 1. The Kier molecular flexibility index (Phi) is 6.40. The molecule has 1 aromatic heterocycles. The molecule has 5 aromatic rings. The van der Waals surface area contributed by atoms with Crippen LogP contribution in [0.2, 0.25) is 5.02 Å². The highest BCUT2D eigenvalue weighted by molar-refractivity contribution is 6.30. The summed E-state index contributed by atoms with van der Waals surface area (Å²) in [6.07, 6.45) is 0. The van der Waals surface area contributed by atoms with Crippen molar-refractivity contribution in [2.75, 3.05) is 11.5 Å². The number of benzene rings is 4. The third kappa shape index (κ3) is 4.91. The maximum absolute atomic E-state index is 12.9. The normalized spacial score (nSPS) is 12.7. The van der Waals surface area contributed by atoms with Crippen molar-refractivity contribution < 1.29 is 9.53 Å². The summed E-state index contributed by atoms with van der Waals surface area (Å²) < 4.78 is 5.78. The number of carbonyl (C=O) groups is 1. The molecular weight excluding hydrogens is 492 g/mol. The summed E-state index contributed by atoms with van der Waals surface area (Å²) in [5.74, 6) is 0.624. The molecule has 0 unspecified atom stereocenters. The van der Waals surface area contributed by atoms with E-state index in [2.05, 4.69) is 43.3 Å². The van der Waals surface area contributed by atoms with E-state index < -0.39 is 0 Å². The van der Waals surface area contributed by atoms with Gasteiger partial charge in [0.2, 0.25) is 0 Å². The number of pyridine rings is 1. The van der Waals surface area contributed by atoms with Gasteiger partial charge in [0.15, 0.2) is 6.61 Å². The van der Waals surface area contributed by atoms with Crippen LogP contribution in [0.25, 0.3) is 33.6 Å². The zero-order valence-corrected chi connectivity index (χ0v) is 21.7. The van der Waals surface area contributed by atoms with Crippen LogP contribution in [0.3, 0.4) is 0 Å². The molecule has 38 heavy (non-hydrogen) atoms. The Morgan fingerprint density at radius 1 is 0.763 bits per heavy atom. The van der Waals surface area contributed by atoms with Crippen molar-refractivity contribution in [1.82, 2.24) is 4.98 Å². The average molecular weight is 517 g/mol. The van der Waals surface area contributed by atoms with Crippen LogP contribution in [0.4, 0.5) is 5.69 Å². The fourth-order valence-electron chi connectivity index (χ4n) is 4.66. The minimum atomic E-state index is -0.0679. The van der Waals surface area contributed by atoms with Gasteiger partial charge in [0.05, 0.1) is 23.6 Å². The largest absolute Gasteiger partial charge is 0.482 e. The molecule has 0 saturated carbocycles. The van der Waals surface area contributed by atoms with Crippen LogP contribution >= 0.6 is 11.6 Å². The van der Waals surface area contributed by atoms with Gasteiger partial charge in [-0.05, 0) is 66.1 Å². The summed E-state index contributed by atoms with van der Waals surface area (Å²) in [7, 11) is 0. The van der Waals surface area contributed by atoms with Crippen LogP contribution < -0.4 is 9.64 Å². The van der Waals surface area contributed by atoms with Crippen LogP contribution in [-0.4, -0.2) is 17.5 Å². The lowest BCUT2D eigenvalue weighted by Gasteiger charge is -2.30. The molecule has 4 nitrogen and oxygen atoms in total. The van der Waals surface area contributed by atoms with Crippen LogP contribution in [-0.2, 0) is 11.3 Å². The number of aryl methyl sites for hydroxylation is 1. The summed E-state index contributed by atoms with van der Waals surface area (Å²) in [6, 6.07) is 36.3. The number of nitrogens with zero attached hydrogens (tertiary/aromatic N) is 2. The van der Waals surface area contributed by atoms with E-state index in [-0.39, 0.29) is 12.5 Å². The molecular formula is C33H25ClN2O2. The monoisotopic (exact) mass is 516 g/mol. The van der Waals surface area contributed by atoms with E-state index in [1.165, 1.54) is 5.56 Å². The van der Waals surface area contributed by atoms with Gasteiger partial charge in [0.1, 0.15) is 5.75 Å². The number of rotatable bonds is 5. The predicted octanol–water partition coefficient (Wildman–Crippen LogP) is 7.97. The predicted molar refractivity (Wildman–Crippen MR) is 153 cm³/mol. The number of ether oxygens (including phenoxy) is 1. The Bertz CT molecular complexity index is 1550. The standard InChI is InChI=1S/C33H25ClN2O2/c1-22-7-9-25(10-8-22)29-17-27(24-11-14-28(34)15-12-24)18-30(35-29)26-13-16-32-31(19-26)36(33(37)21-38-32)20-23-5-3-2-4-6-23/h2-19H,20-21H2,1H3. The lowest BCUT2D eigenvalue weighted by Crippen LogP contribution is -2.38. The van der Waals surface area contributed by atoms with Gasteiger partial charge in [0, 0.05) is 16.1 Å². The summed E-state index contributed by atoms with van der Waals surface area (Å²) in [4.78, 5) is 19.8. The summed E-state index contributed by atoms with van der Waals surface area (Å²) >= 11 is 6.16. The number of fused-ring (bicyclic) bond motifs is 1. The third-order valence-electron chi connectivity index (χ3n) is 6.73. The zero-order valence-electron chi connectivity index (χ0n) is 20.9. The Labute approximate surface area is 227 Å². The van der Waals surface area contributed by atoms with Gasteiger partial charge < -0.3 is 9.64 Å². The van der Waals surface area contributed by atoms with Gasteiger partial charge in [0.25, 0.3) is 5.91 Å². The molecule has 1 amide bonds. The van der Waals surface area contributed by atoms with Crippen molar-refractivity contribution in [3.05, 3.63) is 125 Å². The Hall–Kier alpha value is -4.41. The van der Waals surface area contributed by atoms with E-state index in [9.17, 15) is 4.79 Å². The summed E-state index contributed by atoms with van der Waals surface area (Å²) in [5, 5.41) is 0.694. The fourth-order valence-corrected chi connectivity index (χ4v) is 4.79. The first-order chi connectivity index (χ1) is 18.5. The first-order valence-electron chi connectivity index (χ1n) is 12.5. The number of halogens is 1. The SMILES string of the molecule is Cc1ccc(-c2cc(-c3ccc(Cl)cc3)cc(-c3ccc4c(c3)N(Cc3ccccc3)C(=O)CO4)n2)cc1. The number of amides is 1. The van der Waals surface area contributed by atoms with Crippen molar-refractivity contribution in [3.63, 3.8) is 0 Å². The molecule has 4 aromatic carbocycles. The molecule has 0 atom stereocenters. The highest BCUT2D eigenvalue weighted by Gasteiger charge is 2.26. The van der Waals surface area contributed by atoms with E-state index >= 15 is 0 Å². The first-order valence-corrected chi connectivity index (χ1v) is 12.9. The number of hydrogen-bond donors (Lipinski definition) is 0. The van der Waals surface area contributed by atoms with Gasteiger partial charge in [-0.25, -0.2) is 4.98 Å². The molecule has 1 aliphatic rings. The first kappa shape index (κ1) is 24.0. The lowest BCUT2D eigenvalue weighted by atomic mass is 9.99. The lowest BCUT2D eigenvalue weighted by molar-refractivity contribution is -0.121. The van der Waals surface area contributed by atoms with Crippen molar-refractivity contribution in [1.29, 1.82) is 0 Å². The molecule has 0 N–H and O–H groups in total. The summed E-state index contributed by atoms with van der Waals surface area (Å²) in [5.41, 5.74) is 8.72. The second kappa shape index (κ2) is 10.2. The molecule has 0 radical (unpaired) electrons. The van der Waals surface area contributed by atoms with E-state index in [4.69, 9.17) is 21.3 Å². The molecule has 0 bridgehead atoms. The zero-order chi connectivity index (χ0) is 26.1. The molecule has 0 saturated heterocycles. The minimum Gasteiger partial charge on any atom is -0.482 e.